The molecule has 3 N–H and O–H groups in total. The molecular weight excluding hydrogens is 1150 g/mol. The van der Waals surface area contributed by atoms with Gasteiger partial charge in [0, 0.05) is 44.9 Å². The zero-order chi connectivity index (χ0) is 58.0. The minimum absolute atomic E-state index is 0. The van der Waals surface area contributed by atoms with Crippen LogP contribution in [-0.4, -0.2) is 204 Å². The number of carboxylic acids is 1. The van der Waals surface area contributed by atoms with E-state index in [1.165, 1.54) is 0 Å². The van der Waals surface area contributed by atoms with Crippen LogP contribution in [0.1, 0.15) is 138 Å². The third-order valence-electron chi connectivity index (χ3n) is 20.1. The Morgan fingerprint density at radius 3 is 1.96 bits per heavy atom. The third-order valence-corrected chi connectivity index (χ3v) is 21.0. The Labute approximate surface area is 531 Å². The summed E-state index contributed by atoms with van der Waals surface area (Å²) in [6.07, 6.45) is -0.336. The molecular formula is C56H82Na2O23S2. The number of carbonyl (C=O) groups is 1. The molecule has 0 aromatic carbocycles. The fourth-order valence-corrected chi connectivity index (χ4v) is 16.9. The van der Waals surface area contributed by atoms with Gasteiger partial charge in [0.25, 0.3) is 0 Å². The Balaban J connectivity index is 0.00000414. The van der Waals surface area contributed by atoms with Gasteiger partial charge in [0.1, 0.15) is 35.6 Å². The van der Waals surface area contributed by atoms with Crippen LogP contribution in [0.15, 0.2) is 37.0 Å². The second-order valence-electron chi connectivity index (χ2n) is 26.2. The summed E-state index contributed by atoms with van der Waals surface area (Å²) in [4.78, 5) is 11.7. The first-order valence-corrected chi connectivity index (χ1v) is 31.8. The van der Waals surface area contributed by atoms with E-state index in [9.17, 15) is 46.1 Å². The number of aliphatic carboxylic acids is 1. The number of fused-ring (bicyclic) bond motifs is 10. The number of ether oxygens (including phenoxy) is 11. The second-order valence-corrected chi connectivity index (χ2v) is 28.3. The number of allylic oxidation sites excluding steroid dienone is 2. The van der Waals surface area contributed by atoms with E-state index < -0.39 is 147 Å². The van der Waals surface area contributed by atoms with Crippen LogP contribution in [0.3, 0.4) is 0 Å². The molecule has 458 valence electrons. The second kappa shape index (κ2) is 25.2. The molecule has 11 saturated heterocycles. The van der Waals surface area contributed by atoms with Crippen LogP contribution in [0.5, 0.6) is 0 Å². The van der Waals surface area contributed by atoms with E-state index in [0.29, 0.717) is 76.2 Å². The summed E-state index contributed by atoms with van der Waals surface area (Å²) in [5.41, 5.74) is -4.81. The van der Waals surface area contributed by atoms with Gasteiger partial charge in [-0.05, 0) is 97.5 Å². The van der Waals surface area contributed by atoms with Crippen LogP contribution in [0.25, 0.3) is 0 Å². The maximum absolute atomic E-state index is 12.3. The van der Waals surface area contributed by atoms with E-state index in [4.69, 9.17) is 56.3 Å². The molecule has 23 nitrogen and oxygen atoms in total. The van der Waals surface area contributed by atoms with Crippen molar-refractivity contribution in [1.29, 1.82) is 0 Å². The molecule has 11 heterocycles. The number of aliphatic hydroxyl groups is 2. The number of rotatable bonds is 14. The summed E-state index contributed by atoms with van der Waals surface area (Å²) < 4.78 is 154. The van der Waals surface area contributed by atoms with E-state index in [0.717, 1.165) is 0 Å². The molecule has 0 spiro atoms. The summed E-state index contributed by atoms with van der Waals surface area (Å²) in [6.45, 7) is 18.9. The van der Waals surface area contributed by atoms with Crippen molar-refractivity contribution in [2.75, 3.05) is 6.61 Å². The molecule has 0 radical (unpaired) electrons. The van der Waals surface area contributed by atoms with E-state index in [1.54, 1.807) is 32.1 Å². The Hall–Kier alpha value is -0.0900. The van der Waals surface area contributed by atoms with Crippen LogP contribution in [0.2, 0.25) is 0 Å². The molecule has 11 fully saturated rings. The van der Waals surface area contributed by atoms with Gasteiger partial charge in [0.15, 0.2) is 0 Å². The third kappa shape index (κ3) is 13.8. The van der Waals surface area contributed by atoms with Crippen molar-refractivity contribution in [1.82, 2.24) is 0 Å². The van der Waals surface area contributed by atoms with Crippen molar-refractivity contribution in [3.63, 3.8) is 0 Å². The Bertz CT molecular complexity index is 2630. The molecule has 0 bridgehead atoms. The van der Waals surface area contributed by atoms with Crippen molar-refractivity contribution in [2.24, 2.45) is 11.8 Å². The average Bonchev–Trinajstić information content (AvgIpc) is 3.70. The van der Waals surface area contributed by atoms with E-state index in [-0.39, 0.29) is 133 Å². The zero-order valence-electron chi connectivity index (χ0n) is 49.0. The predicted molar refractivity (Wildman–Crippen MR) is 279 cm³/mol. The monoisotopic (exact) mass is 1230 g/mol. The first-order chi connectivity index (χ1) is 37.9. The molecule has 1 unspecified atom stereocenters. The van der Waals surface area contributed by atoms with Gasteiger partial charge in [0.05, 0.1) is 127 Å². The van der Waals surface area contributed by atoms with Crippen LogP contribution in [-0.2, 0) is 86.1 Å². The van der Waals surface area contributed by atoms with Crippen LogP contribution >= 0.6 is 0 Å². The minimum Gasteiger partial charge on any atom is -0.726 e. The topological polar surface area (TPSA) is 312 Å². The first kappa shape index (κ1) is 67.3. The molecule has 83 heavy (non-hydrogen) atoms. The maximum Gasteiger partial charge on any atom is 1.00 e. The van der Waals surface area contributed by atoms with E-state index in [1.807, 2.05) is 6.92 Å². The van der Waals surface area contributed by atoms with Gasteiger partial charge in [-0.3, -0.25) is 13.2 Å². The Kier molecular flexibility index (Phi) is 20.4. The molecule has 11 aliphatic rings. The van der Waals surface area contributed by atoms with Crippen LogP contribution in [0.4, 0.5) is 0 Å². The molecule has 11 aliphatic heterocycles. The summed E-state index contributed by atoms with van der Waals surface area (Å²) >= 11 is 0. The smallest absolute Gasteiger partial charge is 0.726 e. The summed E-state index contributed by atoms with van der Waals surface area (Å²) in [6, 6.07) is 0. The number of hydrogen-bond acceptors (Lipinski definition) is 22. The van der Waals surface area contributed by atoms with E-state index >= 15 is 0 Å². The molecule has 11 rings (SSSR count). The van der Waals surface area contributed by atoms with Crippen molar-refractivity contribution in [2.45, 2.75) is 288 Å². The van der Waals surface area contributed by atoms with Gasteiger partial charge in [-0.15, -0.1) is 6.58 Å². The molecule has 0 aromatic heterocycles. The standard InChI is InChI=1S/C56H84O23S2.2Na/c1-9-12-30(51(58)59)13-10-15-52(4,60)50-28(2)19-39-38(74-50)25-46-56(8,77-39)49(57)48-42(73-46)23-41-47(75-48)29(3)27-55(7)44(72-41)26-43-54(6,79-55)17-14-31-32(71-43)20-34-33(68-31)21-35-36(69-34)22-40-37(70-35)24-45(78-81(64,65)66)53(5,76-40)16-11-18-67-80(61,62)63;;/h9-10,15,29-50,57,60H,1-2,11-14,16-27H2,3-8H3,(H,58,59)(H,61,62,63)(H,64,65,66);;/q;2*+1/p-2/b15-10+;;/t29-,30?,31-,32+,33+,34-,35-,36+,37+,38+,39-,40-,41-,42+,43-,44+,45-,46-,47+,48+,49+,50-,52+,53+,54+,55-,56-;;/m0../s1. The van der Waals surface area contributed by atoms with Gasteiger partial charge >= 0.3 is 65.1 Å². The fourth-order valence-electron chi connectivity index (χ4n) is 16.0. The summed E-state index contributed by atoms with van der Waals surface area (Å²) in [7, 11) is -10.1. The van der Waals surface area contributed by atoms with Crippen molar-refractivity contribution in [3.8, 4) is 0 Å². The van der Waals surface area contributed by atoms with Gasteiger partial charge in [-0.1, -0.05) is 31.7 Å². The normalized spacial score (nSPS) is 48.6. The summed E-state index contributed by atoms with van der Waals surface area (Å²) in [5.74, 6) is -1.65. The fraction of sp³-hybridized carbons (Fsp3) is 0.875. The average molecular weight is 1230 g/mol. The molecule has 0 amide bonds. The van der Waals surface area contributed by atoms with Crippen LogP contribution < -0.4 is 59.1 Å². The summed E-state index contributed by atoms with van der Waals surface area (Å²) in [5, 5.41) is 33.6. The van der Waals surface area contributed by atoms with Crippen LogP contribution in [0, 0.1) is 11.8 Å². The largest absolute Gasteiger partial charge is 1.00 e. The number of carboxylic acid groups (broad SMARTS) is 1. The van der Waals surface area contributed by atoms with Crippen molar-refractivity contribution < 1.29 is 166 Å². The number of hydrogen-bond donors (Lipinski definition) is 3. The predicted octanol–water partition coefficient (Wildman–Crippen LogP) is -2.08. The van der Waals surface area contributed by atoms with Gasteiger partial charge in [0.2, 0.25) is 20.8 Å². The molecule has 0 aliphatic carbocycles. The molecule has 27 atom stereocenters. The molecule has 0 aromatic rings. The maximum atomic E-state index is 12.3. The molecule has 27 heteroatoms. The zero-order valence-corrected chi connectivity index (χ0v) is 54.6. The van der Waals surface area contributed by atoms with Gasteiger partial charge < -0.3 is 76.5 Å². The van der Waals surface area contributed by atoms with Crippen molar-refractivity contribution >= 4 is 26.8 Å². The van der Waals surface area contributed by atoms with Crippen molar-refractivity contribution in [3.05, 3.63) is 37.0 Å². The van der Waals surface area contributed by atoms with Gasteiger partial charge in [-0.2, -0.15) is 0 Å². The Morgan fingerprint density at radius 2 is 1.31 bits per heavy atom. The number of aliphatic hydroxyl groups excluding tert-OH is 1. The SMILES string of the molecule is C=CCC(C/C=C/[C@@](C)(O)[C@H]1O[C@@H]2C[C@@H]3O[C@@H]4C[C@@H]5O[C@@H]6C[C@@H]7O[C@@H]8C[C@@H]9O[C@@H]%10C[C@@H]%11O[C@](C)(CCCOS(=O)(=O)[O-])[C@@H](OS(=O)(=O)[O-])C[C@H]%11O[C@H]%10C[C@H]9O[C@H]8CC[C@@]7(C)O[C@@]6(C)C[C@H](C)[C@H]5O[C@H]4[C@@H](O)[C@@]3(C)O[C@H]2CC1=C)C(=O)O.[Na+].[Na+]. The van der Waals surface area contributed by atoms with E-state index in [2.05, 4.69) is 38.1 Å². The first-order valence-electron chi connectivity index (χ1n) is 29.1. The van der Waals surface area contributed by atoms with Gasteiger partial charge in [-0.25, -0.2) is 16.8 Å². The minimum atomic E-state index is -5.17. The quantitative estimate of drug-likeness (QED) is 0.0553. The molecule has 0 saturated carbocycles. The Morgan fingerprint density at radius 1 is 0.735 bits per heavy atom.